The minimum Gasteiger partial charge on any atom is -0.497 e. The normalized spacial score (nSPS) is 18.2. The van der Waals surface area contributed by atoms with Crippen LogP contribution in [0.5, 0.6) is 5.75 Å². The summed E-state index contributed by atoms with van der Waals surface area (Å²) in [6.07, 6.45) is 0. The Hall–Kier alpha value is -1.58. The maximum absolute atomic E-state index is 5.30. The summed E-state index contributed by atoms with van der Waals surface area (Å²) >= 11 is 0. The number of methoxy groups -OCH3 is 1. The number of rotatable bonds is 5. The fraction of sp³-hybridized carbons (Fsp3) is 0.444. The van der Waals surface area contributed by atoms with E-state index in [0.717, 1.165) is 25.5 Å². The van der Waals surface area contributed by atoms with Crippen molar-refractivity contribution >= 4 is 10.8 Å². The lowest BCUT2D eigenvalue weighted by atomic mass is 9.88. The van der Waals surface area contributed by atoms with E-state index in [0.29, 0.717) is 11.5 Å². The first-order valence-corrected chi connectivity index (χ1v) is 7.48. The van der Waals surface area contributed by atoms with Crippen molar-refractivity contribution < 1.29 is 9.47 Å². The highest BCUT2D eigenvalue weighted by atomic mass is 16.5. The Bertz CT molecular complexity index is 634. The van der Waals surface area contributed by atoms with Crippen LogP contribution >= 0.6 is 0 Å². The molecular formula is C18H23NO2. The second-order valence-corrected chi connectivity index (χ2v) is 6.38. The zero-order chi connectivity index (χ0) is 14.9. The van der Waals surface area contributed by atoms with Gasteiger partial charge in [0.1, 0.15) is 5.75 Å². The third-order valence-corrected chi connectivity index (χ3v) is 4.31. The molecular weight excluding hydrogens is 262 g/mol. The fourth-order valence-electron chi connectivity index (χ4n) is 2.71. The largest absolute Gasteiger partial charge is 0.497 e. The van der Waals surface area contributed by atoms with Gasteiger partial charge in [0.25, 0.3) is 0 Å². The Balaban J connectivity index is 1.73. The van der Waals surface area contributed by atoms with Crippen LogP contribution in [-0.2, 0) is 4.74 Å². The van der Waals surface area contributed by atoms with Gasteiger partial charge in [-0.3, -0.25) is 0 Å². The summed E-state index contributed by atoms with van der Waals surface area (Å²) in [4.78, 5) is 0. The van der Waals surface area contributed by atoms with E-state index >= 15 is 0 Å². The molecule has 1 N–H and O–H groups in total. The molecule has 3 nitrogen and oxygen atoms in total. The monoisotopic (exact) mass is 285 g/mol. The van der Waals surface area contributed by atoms with Crippen LogP contribution in [0.1, 0.15) is 25.5 Å². The highest BCUT2D eigenvalue weighted by Crippen LogP contribution is 2.28. The maximum atomic E-state index is 5.30. The topological polar surface area (TPSA) is 30.5 Å². The molecule has 0 amide bonds. The molecule has 1 saturated heterocycles. The summed E-state index contributed by atoms with van der Waals surface area (Å²) in [5, 5.41) is 6.09. The Labute approximate surface area is 126 Å². The van der Waals surface area contributed by atoms with E-state index in [9.17, 15) is 0 Å². The predicted molar refractivity (Wildman–Crippen MR) is 85.8 cm³/mol. The Morgan fingerprint density at radius 3 is 2.57 bits per heavy atom. The molecule has 1 unspecified atom stereocenters. The molecule has 0 aromatic heterocycles. The number of nitrogens with one attached hydrogen (secondary N) is 1. The molecule has 21 heavy (non-hydrogen) atoms. The smallest absolute Gasteiger partial charge is 0.119 e. The van der Waals surface area contributed by atoms with Crippen molar-refractivity contribution in [2.75, 3.05) is 26.9 Å². The van der Waals surface area contributed by atoms with Crippen LogP contribution < -0.4 is 10.1 Å². The van der Waals surface area contributed by atoms with Gasteiger partial charge in [0.05, 0.1) is 20.3 Å². The van der Waals surface area contributed by atoms with Gasteiger partial charge in [0, 0.05) is 18.0 Å². The number of fused-ring (bicyclic) bond motifs is 1. The van der Waals surface area contributed by atoms with Crippen molar-refractivity contribution in [2.24, 2.45) is 5.41 Å². The minimum absolute atomic E-state index is 0.304. The van der Waals surface area contributed by atoms with Crippen LogP contribution in [-0.4, -0.2) is 26.9 Å². The Kier molecular flexibility index (Phi) is 3.87. The molecule has 3 heteroatoms. The van der Waals surface area contributed by atoms with Gasteiger partial charge in [-0.25, -0.2) is 0 Å². The summed E-state index contributed by atoms with van der Waals surface area (Å²) in [5.74, 6) is 0.902. The zero-order valence-electron chi connectivity index (χ0n) is 13.0. The van der Waals surface area contributed by atoms with Crippen molar-refractivity contribution in [1.82, 2.24) is 5.32 Å². The minimum atomic E-state index is 0.304. The molecule has 112 valence electrons. The highest BCUT2D eigenvalue weighted by molar-refractivity contribution is 5.84. The number of benzene rings is 2. The molecule has 0 aliphatic carbocycles. The van der Waals surface area contributed by atoms with E-state index in [-0.39, 0.29) is 0 Å². The Morgan fingerprint density at radius 1 is 1.19 bits per heavy atom. The van der Waals surface area contributed by atoms with Crippen LogP contribution in [0, 0.1) is 5.41 Å². The predicted octanol–water partition coefficient (Wildman–Crippen LogP) is 3.54. The third-order valence-electron chi connectivity index (χ3n) is 4.31. The second kappa shape index (κ2) is 5.66. The van der Waals surface area contributed by atoms with E-state index in [1.807, 2.05) is 6.07 Å². The first-order chi connectivity index (χ1) is 10.1. The third kappa shape index (κ3) is 3.04. The van der Waals surface area contributed by atoms with Gasteiger partial charge < -0.3 is 14.8 Å². The quantitative estimate of drug-likeness (QED) is 0.911. The molecule has 3 rings (SSSR count). The number of hydrogen-bond acceptors (Lipinski definition) is 3. The molecule has 1 heterocycles. The fourth-order valence-corrected chi connectivity index (χ4v) is 2.71. The van der Waals surface area contributed by atoms with Gasteiger partial charge >= 0.3 is 0 Å². The van der Waals surface area contributed by atoms with Crippen molar-refractivity contribution in [2.45, 2.75) is 19.9 Å². The molecule has 1 atom stereocenters. The standard InChI is InChI=1S/C18H23NO2/c1-13(19-10-18(2)11-21-12-18)14-4-5-16-9-17(20-3)7-6-15(16)8-14/h4-9,13,19H,10-12H2,1-3H3. The zero-order valence-corrected chi connectivity index (χ0v) is 13.0. The van der Waals surface area contributed by atoms with Crippen molar-refractivity contribution in [1.29, 1.82) is 0 Å². The molecule has 0 saturated carbocycles. The van der Waals surface area contributed by atoms with E-state index in [1.165, 1.54) is 16.3 Å². The first-order valence-electron chi connectivity index (χ1n) is 7.48. The summed E-state index contributed by atoms with van der Waals surface area (Å²) in [6.45, 7) is 7.21. The van der Waals surface area contributed by atoms with Crippen LogP contribution in [0.2, 0.25) is 0 Å². The molecule has 0 spiro atoms. The van der Waals surface area contributed by atoms with Crippen LogP contribution in [0.4, 0.5) is 0 Å². The SMILES string of the molecule is COc1ccc2cc(C(C)NCC3(C)COC3)ccc2c1. The lowest BCUT2D eigenvalue weighted by Crippen LogP contribution is -2.47. The number of ether oxygens (including phenoxy) is 2. The lowest BCUT2D eigenvalue weighted by Gasteiger charge is -2.39. The van der Waals surface area contributed by atoms with Gasteiger partial charge in [0.15, 0.2) is 0 Å². The van der Waals surface area contributed by atoms with E-state index in [2.05, 4.69) is 49.5 Å². The van der Waals surface area contributed by atoms with Gasteiger partial charge in [-0.15, -0.1) is 0 Å². The van der Waals surface area contributed by atoms with E-state index in [1.54, 1.807) is 7.11 Å². The van der Waals surface area contributed by atoms with Crippen molar-refractivity contribution in [3.63, 3.8) is 0 Å². The second-order valence-electron chi connectivity index (χ2n) is 6.38. The van der Waals surface area contributed by atoms with E-state index in [4.69, 9.17) is 9.47 Å². The summed E-state index contributed by atoms with van der Waals surface area (Å²) in [6, 6.07) is 13.2. The molecule has 1 fully saturated rings. The summed E-state index contributed by atoms with van der Waals surface area (Å²) in [7, 11) is 1.70. The van der Waals surface area contributed by atoms with Crippen molar-refractivity contribution in [3.05, 3.63) is 42.0 Å². The molecule has 1 aliphatic heterocycles. The Morgan fingerprint density at radius 2 is 1.90 bits per heavy atom. The average molecular weight is 285 g/mol. The van der Waals surface area contributed by atoms with Crippen LogP contribution in [0.3, 0.4) is 0 Å². The number of hydrogen-bond donors (Lipinski definition) is 1. The van der Waals surface area contributed by atoms with Gasteiger partial charge in [0.2, 0.25) is 0 Å². The highest BCUT2D eigenvalue weighted by Gasteiger charge is 2.33. The van der Waals surface area contributed by atoms with Crippen LogP contribution in [0.25, 0.3) is 10.8 Å². The molecule has 2 aromatic carbocycles. The first kappa shape index (κ1) is 14.4. The van der Waals surface area contributed by atoms with E-state index < -0.39 is 0 Å². The molecule has 1 aliphatic rings. The van der Waals surface area contributed by atoms with Gasteiger partial charge in [-0.05, 0) is 41.5 Å². The van der Waals surface area contributed by atoms with Gasteiger partial charge in [-0.2, -0.15) is 0 Å². The summed E-state index contributed by atoms with van der Waals surface area (Å²) < 4.78 is 10.6. The van der Waals surface area contributed by atoms with Crippen LogP contribution in [0.15, 0.2) is 36.4 Å². The molecule has 0 radical (unpaired) electrons. The lowest BCUT2D eigenvalue weighted by molar-refractivity contribution is -0.0999. The average Bonchev–Trinajstić information content (AvgIpc) is 2.49. The van der Waals surface area contributed by atoms with Gasteiger partial charge in [-0.1, -0.05) is 25.1 Å². The summed E-state index contributed by atoms with van der Waals surface area (Å²) in [5.41, 5.74) is 1.62. The molecule has 2 aromatic rings. The van der Waals surface area contributed by atoms with Crippen molar-refractivity contribution in [3.8, 4) is 5.75 Å². The maximum Gasteiger partial charge on any atom is 0.119 e. The molecule has 0 bridgehead atoms.